The van der Waals surface area contributed by atoms with Crippen molar-refractivity contribution in [2.75, 3.05) is 0 Å². The first kappa shape index (κ1) is 21.8. The molecule has 0 amide bonds. The van der Waals surface area contributed by atoms with Crippen LogP contribution < -0.4 is 0 Å². The summed E-state index contributed by atoms with van der Waals surface area (Å²) in [6.45, 7) is 14.6. The lowest BCUT2D eigenvalue weighted by Crippen LogP contribution is -2.54. The van der Waals surface area contributed by atoms with Gasteiger partial charge in [-0.25, -0.2) is 19.2 Å². The second-order valence-corrected chi connectivity index (χ2v) is 4.40. The summed E-state index contributed by atoms with van der Waals surface area (Å²) in [5.41, 5.74) is 0. The van der Waals surface area contributed by atoms with Gasteiger partial charge in [-0.1, -0.05) is 39.7 Å². The molecule has 0 saturated heterocycles. The standard InChI is InChI=1S/C17H20O8/c1-6-11-12(22-13(18)7-2)17(23-14(19)8-3,24-15(20)9-4)25-16(21)10-5/h7-10,12H,2-6,11H2,1H3. The second-order valence-electron chi connectivity index (χ2n) is 4.40. The van der Waals surface area contributed by atoms with Gasteiger partial charge in [0.15, 0.2) is 0 Å². The molecule has 0 fully saturated rings. The Morgan fingerprint density at radius 2 is 1.16 bits per heavy atom. The Labute approximate surface area is 145 Å². The van der Waals surface area contributed by atoms with Crippen LogP contribution in [0.2, 0.25) is 0 Å². The molecule has 0 aromatic carbocycles. The van der Waals surface area contributed by atoms with E-state index >= 15 is 0 Å². The zero-order chi connectivity index (χ0) is 19.5. The van der Waals surface area contributed by atoms with Crippen LogP contribution in [0.5, 0.6) is 0 Å². The molecular formula is C17H20O8. The van der Waals surface area contributed by atoms with Crippen molar-refractivity contribution < 1.29 is 38.1 Å². The minimum atomic E-state index is -2.68. The van der Waals surface area contributed by atoms with Crippen molar-refractivity contribution in [2.45, 2.75) is 31.8 Å². The van der Waals surface area contributed by atoms with Gasteiger partial charge in [0.1, 0.15) is 0 Å². The predicted molar refractivity (Wildman–Crippen MR) is 86.6 cm³/mol. The van der Waals surface area contributed by atoms with Gasteiger partial charge in [-0.15, -0.1) is 0 Å². The van der Waals surface area contributed by atoms with E-state index in [0.29, 0.717) is 6.42 Å². The molecule has 0 bridgehead atoms. The third-order valence-corrected chi connectivity index (χ3v) is 2.60. The van der Waals surface area contributed by atoms with Crippen molar-refractivity contribution in [3.63, 3.8) is 0 Å². The lowest BCUT2D eigenvalue weighted by Gasteiger charge is -2.35. The molecule has 1 unspecified atom stereocenters. The van der Waals surface area contributed by atoms with Crippen LogP contribution >= 0.6 is 0 Å². The summed E-state index contributed by atoms with van der Waals surface area (Å²) in [5.74, 6) is -6.88. The Bertz CT molecular complexity index is 520. The van der Waals surface area contributed by atoms with Gasteiger partial charge in [0.25, 0.3) is 0 Å². The molecule has 0 aliphatic rings. The highest BCUT2D eigenvalue weighted by atomic mass is 16.9. The summed E-state index contributed by atoms with van der Waals surface area (Å²) < 4.78 is 19.9. The summed E-state index contributed by atoms with van der Waals surface area (Å²) in [5, 5.41) is 0. The Morgan fingerprint density at radius 1 is 0.800 bits per heavy atom. The van der Waals surface area contributed by atoms with Crippen LogP contribution in [0.25, 0.3) is 0 Å². The molecule has 0 N–H and O–H groups in total. The molecule has 8 heteroatoms. The molecule has 0 heterocycles. The summed E-state index contributed by atoms with van der Waals surface area (Å²) in [7, 11) is 0. The molecule has 8 nitrogen and oxygen atoms in total. The zero-order valence-corrected chi connectivity index (χ0v) is 13.9. The number of ether oxygens (including phenoxy) is 4. The van der Waals surface area contributed by atoms with E-state index in [-0.39, 0.29) is 6.42 Å². The highest BCUT2D eigenvalue weighted by molar-refractivity contribution is 5.85. The number of esters is 4. The molecule has 0 rings (SSSR count). The topological polar surface area (TPSA) is 105 Å². The van der Waals surface area contributed by atoms with E-state index in [2.05, 4.69) is 26.3 Å². The van der Waals surface area contributed by atoms with Gasteiger partial charge in [0, 0.05) is 24.3 Å². The summed E-state index contributed by atoms with van der Waals surface area (Å²) in [6.07, 6.45) is 2.01. The first-order valence-corrected chi connectivity index (χ1v) is 7.17. The Morgan fingerprint density at radius 3 is 1.44 bits per heavy atom. The monoisotopic (exact) mass is 352 g/mol. The fraction of sp³-hybridized carbons (Fsp3) is 0.294. The van der Waals surface area contributed by atoms with Gasteiger partial charge in [0.2, 0.25) is 6.10 Å². The molecule has 136 valence electrons. The Balaban J connectivity index is 6.16. The van der Waals surface area contributed by atoms with Crippen LogP contribution in [0, 0.1) is 0 Å². The summed E-state index contributed by atoms with van der Waals surface area (Å²) >= 11 is 0. The molecule has 0 saturated carbocycles. The molecule has 0 aromatic rings. The molecule has 0 spiro atoms. The zero-order valence-electron chi connectivity index (χ0n) is 13.9. The highest BCUT2D eigenvalue weighted by Crippen LogP contribution is 2.28. The smallest absolute Gasteiger partial charge is 0.446 e. The van der Waals surface area contributed by atoms with Crippen LogP contribution in [0.15, 0.2) is 50.6 Å². The van der Waals surface area contributed by atoms with Crippen LogP contribution in [-0.4, -0.2) is 36.0 Å². The number of rotatable bonds is 11. The number of hydrogen-bond donors (Lipinski definition) is 0. The molecule has 0 aromatic heterocycles. The minimum absolute atomic E-state index is 0.0127. The van der Waals surface area contributed by atoms with Crippen LogP contribution in [0.4, 0.5) is 0 Å². The molecule has 0 aliphatic heterocycles. The van der Waals surface area contributed by atoms with Crippen molar-refractivity contribution >= 4 is 23.9 Å². The fourth-order valence-electron chi connectivity index (χ4n) is 1.56. The fourth-order valence-corrected chi connectivity index (χ4v) is 1.56. The lowest BCUT2D eigenvalue weighted by molar-refractivity contribution is -0.359. The average Bonchev–Trinajstić information content (AvgIpc) is 2.60. The van der Waals surface area contributed by atoms with Gasteiger partial charge in [-0.05, 0) is 6.42 Å². The molecule has 0 aliphatic carbocycles. The van der Waals surface area contributed by atoms with Crippen molar-refractivity contribution in [3.05, 3.63) is 50.6 Å². The van der Waals surface area contributed by atoms with Crippen LogP contribution in [-0.2, 0) is 38.1 Å². The van der Waals surface area contributed by atoms with E-state index in [0.717, 1.165) is 24.3 Å². The molecule has 0 radical (unpaired) electrons. The third-order valence-electron chi connectivity index (χ3n) is 2.60. The second kappa shape index (κ2) is 10.6. The van der Waals surface area contributed by atoms with E-state index in [1.54, 1.807) is 6.92 Å². The Hall–Kier alpha value is -3.16. The van der Waals surface area contributed by atoms with Crippen molar-refractivity contribution in [1.82, 2.24) is 0 Å². The lowest BCUT2D eigenvalue weighted by atomic mass is 10.1. The van der Waals surface area contributed by atoms with Gasteiger partial charge in [-0.3, -0.25) is 0 Å². The number of carbonyl (C=O) groups excluding carboxylic acids is 4. The van der Waals surface area contributed by atoms with Crippen molar-refractivity contribution in [2.24, 2.45) is 0 Å². The third kappa shape index (κ3) is 6.86. The maximum atomic E-state index is 11.7. The average molecular weight is 352 g/mol. The first-order chi connectivity index (χ1) is 11.8. The quantitative estimate of drug-likeness (QED) is 0.314. The maximum absolute atomic E-state index is 11.7. The molecule has 25 heavy (non-hydrogen) atoms. The predicted octanol–water partition coefficient (Wildman–Crippen LogP) is 1.73. The summed E-state index contributed by atoms with van der Waals surface area (Å²) in [6, 6.07) is 0. The number of hydrogen-bond acceptors (Lipinski definition) is 8. The summed E-state index contributed by atoms with van der Waals surface area (Å²) in [4.78, 5) is 46.7. The first-order valence-electron chi connectivity index (χ1n) is 7.17. The number of carbonyl (C=O) groups is 4. The Kier molecular flexibility index (Phi) is 9.25. The van der Waals surface area contributed by atoms with Crippen LogP contribution in [0.1, 0.15) is 19.8 Å². The largest absolute Gasteiger partial charge is 0.463 e. The van der Waals surface area contributed by atoms with E-state index in [4.69, 9.17) is 18.9 Å². The normalized spacial score (nSPS) is 11.2. The molecular weight excluding hydrogens is 332 g/mol. The van der Waals surface area contributed by atoms with E-state index < -0.39 is 36.0 Å². The van der Waals surface area contributed by atoms with Crippen molar-refractivity contribution in [3.8, 4) is 0 Å². The SMILES string of the molecule is C=CC(=O)OC(CCC)C(OC(=O)C=C)(OC(=O)C=C)OC(=O)C=C. The van der Waals surface area contributed by atoms with Gasteiger partial charge >= 0.3 is 29.9 Å². The van der Waals surface area contributed by atoms with Gasteiger partial charge < -0.3 is 18.9 Å². The van der Waals surface area contributed by atoms with Crippen molar-refractivity contribution in [1.29, 1.82) is 0 Å². The molecule has 1 atom stereocenters. The van der Waals surface area contributed by atoms with E-state index in [1.807, 2.05) is 0 Å². The van der Waals surface area contributed by atoms with Gasteiger partial charge in [0.05, 0.1) is 0 Å². The van der Waals surface area contributed by atoms with Gasteiger partial charge in [-0.2, -0.15) is 0 Å². The van der Waals surface area contributed by atoms with E-state index in [9.17, 15) is 19.2 Å². The highest BCUT2D eigenvalue weighted by Gasteiger charge is 2.53. The van der Waals surface area contributed by atoms with Crippen LogP contribution in [0.3, 0.4) is 0 Å². The van der Waals surface area contributed by atoms with E-state index in [1.165, 1.54) is 0 Å². The maximum Gasteiger partial charge on any atom is 0.463 e. The minimum Gasteiger partial charge on any atom is -0.446 e.